The molecule has 2 aromatic carbocycles. The Morgan fingerprint density at radius 3 is 2.52 bits per heavy atom. The molecule has 0 unspecified atom stereocenters. The number of benzene rings is 2. The van der Waals surface area contributed by atoms with E-state index in [4.69, 9.17) is 4.74 Å². The Balaban J connectivity index is 1.80. The third-order valence-electron chi connectivity index (χ3n) is 4.76. The number of halogens is 3. The highest BCUT2D eigenvalue weighted by molar-refractivity contribution is 5.95. The van der Waals surface area contributed by atoms with E-state index >= 15 is 0 Å². The van der Waals surface area contributed by atoms with Gasteiger partial charge in [0.05, 0.1) is 29.8 Å². The molecule has 0 spiro atoms. The van der Waals surface area contributed by atoms with Crippen LogP contribution in [0.25, 0.3) is 22.8 Å². The van der Waals surface area contributed by atoms with Gasteiger partial charge in [-0.1, -0.05) is 18.2 Å². The van der Waals surface area contributed by atoms with Crippen LogP contribution in [0.1, 0.15) is 11.1 Å². The van der Waals surface area contributed by atoms with Gasteiger partial charge in [0.25, 0.3) is 0 Å². The molecule has 0 N–H and O–H groups in total. The number of ether oxygens (including phenoxy) is 1. The van der Waals surface area contributed by atoms with E-state index < -0.39 is 11.7 Å². The molecule has 1 aliphatic heterocycles. The molecule has 3 aromatic rings. The van der Waals surface area contributed by atoms with Gasteiger partial charge in [-0.2, -0.15) is 13.2 Å². The molecule has 1 aliphatic rings. The van der Waals surface area contributed by atoms with Crippen molar-refractivity contribution in [3.05, 3.63) is 66.0 Å². The summed E-state index contributed by atoms with van der Waals surface area (Å²) in [7, 11) is 0. The molecule has 5 nitrogen and oxygen atoms in total. The van der Waals surface area contributed by atoms with Crippen molar-refractivity contribution in [1.82, 2.24) is 14.5 Å². The van der Waals surface area contributed by atoms with Crippen molar-refractivity contribution in [3.8, 4) is 5.69 Å². The van der Waals surface area contributed by atoms with Gasteiger partial charge in [-0.05, 0) is 30.3 Å². The van der Waals surface area contributed by atoms with E-state index in [0.717, 1.165) is 17.8 Å². The van der Waals surface area contributed by atoms with Crippen molar-refractivity contribution in [2.24, 2.45) is 0 Å². The first kappa shape index (κ1) is 19.2. The van der Waals surface area contributed by atoms with E-state index in [2.05, 4.69) is 4.98 Å². The molecule has 1 fully saturated rings. The summed E-state index contributed by atoms with van der Waals surface area (Å²) in [5.41, 5.74) is 0.959. The molecule has 29 heavy (non-hydrogen) atoms. The number of rotatable bonds is 3. The van der Waals surface area contributed by atoms with Crippen molar-refractivity contribution >= 4 is 23.0 Å². The Hall–Kier alpha value is -3.13. The average molecular weight is 401 g/mol. The highest BCUT2D eigenvalue weighted by atomic mass is 19.4. The third kappa shape index (κ3) is 4.02. The largest absolute Gasteiger partial charge is 0.416 e. The van der Waals surface area contributed by atoms with E-state index in [-0.39, 0.29) is 17.0 Å². The molecule has 4 rings (SSSR count). The van der Waals surface area contributed by atoms with Gasteiger partial charge in [-0.15, -0.1) is 0 Å². The second-order valence-corrected chi connectivity index (χ2v) is 6.65. The van der Waals surface area contributed by atoms with Crippen molar-refractivity contribution in [3.63, 3.8) is 0 Å². The second-order valence-electron chi connectivity index (χ2n) is 6.65. The molecule has 0 saturated carbocycles. The van der Waals surface area contributed by atoms with Crippen molar-refractivity contribution in [2.75, 3.05) is 26.3 Å². The zero-order valence-electron chi connectivity index (χ0n) is 15.4. The third-order valence-corrected chi connectivity index (χ3v) is 4.76. The highest BCUT2D eigenvalue weighted by Crippen LogP contribution is 2.34. The van der Waals surface area contributed by atoms with Crippen molar-refractivity contribution in [2.45, 2.75) is 6.18 Å². The Kier molecular flexibility index (Phi) is 5.10. The first-order valence-electron chi connectivity index (χ1n) is 9.12. The van der Waals surface area contributed by atoms with Gasteiger partial charge in [0.1, 0.15) is 6.33 Å². The number of carbonyl (C=O) groups is 1. The summed E-state index contributed by atoms with van der Waals surface area (Å²) in [5.74, 6) is -0.260. The maximum Gasteiger partial charge on any atom is 0.416 e. The monoisotopic (exact) mass is 401 g/mol. The number of morpholine rings is 1. The Morgan fingerprint density at radius 2 is 1.83 bits per heavy atom. The normalized spacial score (nSPS) is 15.3. The van der Waals surface area contributed by atoms with E-state index in [1.165, 1.54) is 18.5 Å². The van der Waals surface area contributed by atoms with Gasteiger partial charge in [-0.25, -0.2) is 4.98 Å². The molecule has 0 aliphatic carbocycles. The van der Waals surface area contributed by atoms with Gasteiger partial charge in [0.2, 0.25) is 5.91 Å². The molecule has 1 aromatic heterocycles. The minimum Gasteiger partial charge on any atom is -0.378 e. The fourth-order valence-electron chi connectivity index (χ4n) is 3.30. The number of carbonyl (C=O) groups excluding carboxylic acids is 1. The number of fused-ring (bicyclic) bond motifs is 1. The first-order valence-corrected chi connectivity index (χ1v) is 9.12. The topological polar surface area (TPSA) is 47.4 Å². The lowest BCUT2D eigenvalue weighted by molar-refractivity contribution is -0.137. The van der Waals surface area contributed by atoms with Crippen LogP contribution in [-0.2, 0) is 15.7 Å². The van der Waals surface area contributed by atoms with Crippen molar-refractivity contribution < 1.29 is 22.7 Å². The first-order chi connectivity index (χ1) is 13.9. The van der Waals surface area contributed by atoms with Crippen molar-refractivity contribution in [1.29, 1.82) is 0 Å². The maximum atomic E-state index is 13.4. The van der Waals surface area contributed by atoms with E-state index in [9.17, 15) is 18.0 Å². The molecule has 0 bridgehead atoms. The van der Waals surface area contributed by atoms with Crippen LogP contribution < -0.4 is 0 Å². The summed E-state index contributed by atoms with van der Waals surface area (Å²) in [4.78, 5) is 18.2. The lowest BCUT2D eigenvalue weighted by atomic mass is 10.1. The number of aromatic nitrogens is 2. The minimum absolute atomic E-state index is 0.210. The predicted octanol–water partition coefficient (Wildman–Crippen LogP) is 3.92. The van der Waals surface area contributed by atoms with Gasteiger partial charge in [-0.3, -0.25) is 9.36 Å². The maximum absolute atomic E-state index is 13.4. The molecule has 2 heterocycles. The van der Waals surface area contributed by atoms with Crippen LogP contribution in [-0.4, -0.2) is 46.7 Å². The number of alkyl halides is 3. The number of amides is 1. The van der Waals surface area contributed by atoms with Gasteiger partial charge < -0.3 is 9.64 Å². The molecule has 1 amide bonds. The minimum atomic E-state index is -4.51. The summed E-state index contributed by atoms with van der Waals surface area (Å²) >= 11 is 0. The molecule has 8 heteroatoms. The quantitative estimate of drug-likeness (QED) is 0.625. The van der Waals surface area contributed by atoms with Gasteiger partial charge in [0.15, 0.2) is 0 Å². The van der Waals surface area contributed by atoms with Crippen LogP contribution >= 0.6 is 0 Å². The van der Waals surface area contributed by atoms with Crippen LogP contribution in [0.2, 0.25) is 0 Å². The number of para-hydroxylation sites is 1. The van der Waals surface area contributed by atoms with E-state index in [0.29, 0.717) is 31.8 Å². The summed E-state index contributed by atoms with van der Waals surface area (Å²) in [6.45, 7) is 1.83. The smallest absolute Gasteiger partial charge is 0.378 e. The number of hydrogen-bond acceptors (Lipinski definition) is 3. The SMILES string of the molecule is O=C(/C=C/c1cc(C(F)(F)F)cc2ncn(-c3ccccc3)c12)N1CCOCC1. The number of imidazole rings is 1. The Labute approximate surface area is 165 Å². The molecule has 0 atom stereocenters. The molecule has 0 radical (unpaired) electrons. The number of hydrogen-bond donors (Lipinski definition) is 0. The molecular formula is C21H18F3N3O2. The predicted molar refractivity (Wildman–Crippen MR) is 103 cm³/mol. The lowest BCUT2D eigenvalue weighted by Crippen LogP contribution is -2.39. The fourth-order valence-corrected chi connectivity index (χ4v) is 3.30. The highest BCUT2D eigenvalue weighted by Gasteiger charge is 2.32. The van der Waals surface area contributed by atoms with Crippen LogP contribution in [0, 0.1) is 0 Å². The van der Waals surface area contributed by atoms with Gasteiger partial charge in [0, 0.05) is 30.4 Å². The Bertz CT molecular complexity index is 1050. The Morgan fingerprint density at radius 1 is 1.10 bits per heavy atom. The van der Waals surface area contributed by atoms with Crippen LogP contribution in [0.4, 0.5) is 13.2 Å². The average Bonchev–Trinajstić information content (AvgIpc) is 3.17. The van der Waals surface area contributed by atoms with Crippen LogP contribution in [0.5, 0.6) is 0 Å². The standard InChI is InChI=1S/C21H18F3N3O2/c22-21(23,24)16-12-15(6-7-19(28)26-8-10-29-11-9-26)20-18(13-16)25-14-27(20)17-4-2-1-3-5-17/h1-7,12-14H,8-11H2/b7-6+. The van der Waals surface area contributed by atoms with E-state index in [1.807, 2.05) is 30.3 Å². The summed E-state index contributed by atoms with van der Waals surface area (Å²) in [6, 6.07) is 11.3. The summed E-state index contributed by atoms with van der Waals surface area (Å²) in [5, 5.41) is 0. The van der Waals surface area contributed by atoms with E-state index in [1.54, 1.807) is 9.47 Å². The summed E-state index contributed by atoms with van der Waals surface area (Å²) in [6.07, 6.45) is -0.290. The summed E-state index contributed by atoms with van der Waals surface area (Å²) < 4.78 is 47.0. The van der Waals surface area contributed by atoms with Crippen LogP contribution in [0.15, 0.2) is 54.9 Å². The zero-order valence-corrected chi connectivity index (χ0v) is 15.4. The molecule has 150 valence electrons. The second kappa shape index (κ2) is 7.71. The lowest BCUT2D eigenvalue weighted by Gasteiger charge is -2.25. The fraction of sp³-hybridized carbons (Fsp3) is 0.238. The molecular weight excluding hydrogens is 383 g/mol. The zero-order chi connectivity index (χ0) is 20.4. The van der Waals surface area contributed by atoms with Crippen LogP contribution in [0.3, 0.4) is 0 Å². The molecule has 1 saturated heterocycles. The number of nitrogens with zero attached hydrogens (tertiary/aromatic N) is 3. The van der Waals surface area contributed by atoms with Gasteiger partial charge >= 0.3 is 6.18 Å².